The number of rotatable bonds is 7. The van der Waals surface area contributed by atoms with Crippen molar-refractivity contribution in [2.24, 2.45) is 17.8 Å². The zero-order chi connectivity index (χ0) is 21.6. The number of hydrogen-bond acceptors (Lipinski definition) is 1. The molecule has 0 unspecified atom stereocenters. The molecule has 0 N–H and O–H groups in total. The van der Waals surface area contributed by atoms with Crippen LogP contribution in [-0.4, -0.2) is 6.36 Å². The van der Waals surface area contributed by atoms with Crippen LogP contribution >= 0.6 is 0 Å². The molecular weight excluding hydrogens is 392 g/mol. The number of hydrogen-bond donors (Lipinski definition) is 0. The van der Waals surface area contributed by atoms with Crippen molar-refractivity contribution in [2.75, 3.05) is 0 Å². The van der Waals surface area contributed by atoms with E-state index in [1.807, 2.05) is 0 Å². The molecule has 3 rings (SSSR count). The lowest BCUT2D eigenvalue weighted by molar-refractivity contribution is -0.275. The summed E-state index contributed by atoms with van der Waals surface area (Å²) >= 11 is 0. The van der Waals surface area contributed by atoms with Crippen LogP contribution in [0.4, 0.5) is 17.6 Å². The summed E-state index contributed by atoms with van der Waals surface area (Å²) in [6.45, 7) is 2.30. The molecule has 1 aromatic rings. The third kappa shape index (κ3) is 7.02. The van der Waals surface area contributed by atoms with Gasteiger partial charge in [0.2, 0.25) is 0 Å². The van der Waals surface area contributed by atoms with Crippen LogP contribution in [0.1, 0.15) is 89.0 Å². The summed E-state index contributed by atoms with van der Waals surface area (Å²) in [5.74, 6) is 0.925. The number of allylic oxidation sites excluding steroid dienone is 2. The van der Waals surface area contributed by atoms with E-state index in [4.69, 9.17) is 0 Å². The molecule has 168 valence electrons. The first kappa shape index (κ1) is 23.1. The van der Waals surface area contributed by atoms with Crippen LogP contribution in [0.5, 0.6) is 5.75 Å². The Morgan fingerprint density at radius 3 is 2.23 bits per heavy atom. The van der Waals surface area contributed by atoms with Crippen LogP contribution in [0.15, 0.2) is 30.4 Å². The topological polar surface area (TPSA) is 9.23 Å². The maximum Gasteiger partial charge on any atom is 0.573 e. The van der Waals surface area contributed by atoms with Gasteiger partial charge in [0, 0.05) is 0 Å². The standard InChI is InChI=1S/C25H34F4O/c1-2-18-7-9-19(10-8-18)5-3-4-6-20-11-13-21(14-12-20)22-15-16-24(23(26)17-22)30-25(27,28)29/h3,5,15-21H,2,4,6-14H2,1H3/b5-3+. The van der Waals surface area contributed by atoms with Crippen molar-refractivity contribution in [1.29, 1.82) is 0 Å². The molecule has 2 fully saturated rings. The van der Waals surface area contributed by atoms with Gasteiger partial charge in [-0.1, -0.05) is 31.6 Å². The fourth-order valence-electron chi connectivity index (χ4n) is 5.17. The molecule has 0 bridgehead atoms. The largest absolute Gasteiger partial charge is 0.573 e. The average molecular weight is 427 g/mol. The van der Waals surface area contributed by atoms with Crippen LogP contribution in [0.3, 0.4) is 0 Å². The van der Waals surface area contributed by atoms with Crippen LogP contribution in [0.25, 0.3) is 0 Å². The molecule has 5 heteroatoms. The molecule has 0 radical (unpaired) electrons. The van der Waals surface area contributed by atoms with Crippen molar-refractivity contribution in [1.82, 2.24) is 0 Å². The molecule has 0 spiro atoms. The van der Waals surface area contributed by atoms with Crippen LogP contribution < -0.4 is 4.74 Å². The van der Waals surface area contributed by atoms with Gasteiger partial charge in [0.05, 0.1) is 0 Å². The number of ether oxygens (including phenoxy) is 1. The summed E-state index contributed by atoms with van der Waals surface area (Å²) in [5, 5.41) is 0. The Labute approximate surface area is 177 Å². The fourth-order valence-corrected chi connectivity index (χ4v) is 5.17. The quantitative estimate of drug-likeness (QED) is 0.313. The third-order valence-electron chi connectivity index (χ3n) is 7.12. The van der Waals surface area contributed by atoms with Gasteiger partial charge >= 0.3 is 6.36 Å². The summed E-state index contributed by atoms with van der Waals surface area (Å²) in [6, 6.07) is 3.89. The second kappa shape index (κ2) is 10.7. The first-order valence-corrected chi connectivity index (χ1v) is 11.6. The van der Waals surface area contributed by atoms with Gasteiger partial charge in [0.15, 0.2) is 11.6 Å². The summed E-state index contributed by atoms with van der Waals surface area (Å²) in [5.41, 5.74) is 0.781. The Balaban J connectivity index is 1.39. The van der Waals surface area contributed by atoms with E-state index in [1.54, 1.807) is 6.07 Å². The van der Waals surface area contributed by atoms with Crippen LogP contribution in [0, 0.1) is 23.6 Å². The van der Waals surface area contributed by atoms with E-state index >= 15 is 0 Å². The van der Waals surface area contributed by atoms with Gasteiger partial charge in [-0.25, -0.2) is 4.39 Å². The molecule has 1 nitrogen and oxygen atoms in total. The zero-order valence-corrected chi connectivity index (χ0v) is 17.9. The molecule has 0 amide bonds. The highest BCUT2D eigenvalue weighted by Gasteiger charge is 2.32. The van der Waals surface area contributed by atoms with E-state index in [-0.39, 0.29) is 5.92 Å². The van der Waals surface area contributed by atoms with E-state index < -0.39 is 17.9 Å². The molecule has 1 aromatic carbocycles. The van der Waals surface area contributed by atoms with E-state index in [2.05, 4.69) is 23.8 Å². The van der Waals surface area contributed by atoms with E-state index in [1.165, 1.54) is 44.6 Å². The molecule has 2 aliphatic carbocycles. The highest BCUT2D eigenvalue weighted by Crippen LogP contribution is 2.39. The number of alkyl halides is 3. The predicted octanol–water partition coefficient (Wildman–Crippen LogP) is 8.55. The highest BCUT2D eigenvalue weighted by molar-refractivity contribution is 5.31. The Morgan fingerprint density at radius 2 is 1.63 bits per heavy atom. The van der Waals surface area contributed by atoms with Gasteiger partial charge < -0.3 is 4.74 Å². The second-order valence-corrected chi connectivity index (χ2v) is 9.15. The van der Waals surface area contributed by atoms with Gasteiger partial charge in [-0.15, -0.1) is 13.2 Å². The first-order chi connectivity index (χ1) is 14.3. The molecular formula is C25H34F4O. The first-order valence-electron chi connectivity index (χ1n) is 11.6. The highest BCUT2D eigenvalue weighted by atomic mass is 19.4. The molecule has 2 saturated carbocycles. The summed E-state index contributed by atoms with van der Waals surface area (Å²) in [6.07, 6.45) is 13.1. The minimum absolute atomic E-state index is 0.222. The number of halogens is 4. The van der Waals surface area contributed by atoms with E-state index in [9.17, 15) is 17.6 Å². The smallest absolute Gasteiger partial charge is 0.403 e. The van der Waals surface area contributed by atoms with Crippen LogP contribution in [0.2, 0.25) is 0 Å². The molecule has 2 aliphatic rings. The average Bonchev–Trinajstić information content (AvgIpc) is 2.73. The lowest BCUT2D eigenvalue weighted by atomic mass is 9.77. The van der Waals surface area contributed by atoms with Gasteiger partial charge in [-0.05, 0) is 106 Å². The van der Waals surface area contributed by atoms with Crippen molar-refractivity contribution < 1.29 is 22.3 Å². The SMILES string of the molecule is CCC1CCC(/C=C/CCC2CCC(c3ccc(OC(F)(F)F)c(F)c3)CC2)CC1. The summed E-state index contributed by atoms with van der Waals surface area (Å²) in [7, 11) is 0. The second-order valence-electron chi connectivity index (χ2n) is 9.15. The maximum atomic E-state index is 14.0. The van der Waals surface area contributed by atoms with Gasteiger partial charge in [0.1, 0.15) is 0 Å². The Hall–Kier alpha value is -1.52. The third-order valence-corrected chi connectivity index (χ3v) is 7.12. The molecule has 0 heterocycles. The molecule has 0 aliphatic heterocycles. The Kier molecular flexibility index (Phi) is 8.24. The Morgan fingerprint density at radius 1 is 0.967 bits per heavy atom. The van der Waals surface area contributed by atoms with E-state index in [0.717, 1.165) is 55.6 Å². The summed E-state index contributed by atoms with van der Waals surface area (Å²) < 4.78 is 54.6. The molecule has 0 atom stereocenters. The van der Waals surface area contributed by atoms with Crippen molar-refractivity contribution in [3.63, 3.8) is 0 Å². The Bertz CT molecular complexity index is 681. The van der Waals surface area contributed by atoms with Crippen molar-refractivity contribution in [3.8, 4) is 5.75 Å². The van der Waals surface area contributed by atoms with Crippen molar-refractivity contribution in [3.05, 3.63) is 41.7 Å². The minimum Gasteiger partial charge on any atom is -0.403 e. The normalized spacial score (nSPS) is 28.0. The molecule has 30 heavy (non-hydrogen) atoms. The molecule has 0 aromatic heterocycles. The lowest BCUT2D eigenvalue weighted by Crippen LogP contribution is -2.18. The van der Waals surface area contributed by atoms with Gasteiger partial charge in [-0.3, -0.25) is 0 Å². The lowest BCUT2D eigenvalue weighted by Gasteiger charge is -2.29. The van der Waals surface area contributed by atoms with Crippen LogP contribution in [-0.2, 0) is 0 Å². The fraction of sp³-hybridized carbons (Fsp3) is 0.680. The monoisotopic (exact) mass is 426 g/mol. The summed E-state index contributed by atoms with van der Waals surface area (Å²) in [4.78, 5) is 0. The van der Waals surface area contributed by atoms with Crippen molar-refractivity contribution in [2.45, 2.75) is 89.8 Å². The van der Waals surface area contributed by atoms with Gasteiger partial charge in [-0.2, -0.15) is 0 Å². The maximum absolute atomic E-state index is 14.0. The van der Waals surface area contributed by atoms with E-state index in [0.29, 0.717) is 5.92 Å². The zero-order valence-electron chi connectivity index (χ0n) is 17.9. The van der Waals surface area contributed by atoms with Gasteiger partial charge in [0.25, 0.3) is 0 Å². The minimum atomic E-state index is -4.87. The molecule has 0 saturated heterocycles. The number of benzene rings is 1. The van der Waals surface area contributed by atoms with Crippen molar-refractivity contribution >= 4 is 0 Å². The predicted molar refractivity (Wildman–Crippen MR) is 112 cm³/mol.